The maximum atomic E-state index is 12.0. The van der Waals surface area contributed by atoms with E-state index in [4.69, 9.17) is 0 Å². The van der Waals surface area contributed by atoms with Crippen LogP contribution in [0.2, 0.25) is 0 Å². The van der Waals surface area contributed by atoms with E-state index >= 15 is 0 Å². The Hall–Kier alpha value is -2.63. The average molecular weight is 309 g/mol. The van der Waals surface area contributed by atoms with Crippen molar-refractivity contribution in [3.8, 4) is 0 Å². The van der Waals surface area contributed by atoms with Crippen LogP contribution >= 0.6 is 0 Å². The van der Waals surface area contributed by atoms with Gasteiger partial charge in [0, 0.05) is 60.3 Å². The van der Waals surface area contributed by atoms with Crippen LogP contribution in [0.5, 0.6) is 0 Å². The first-order valence-corrected chi connectivity index (χ1v) is 8.01. The summed E-state index contributed by atoms with van der Waals surface area (Å²) < 4.78 is 0. The van der Waals surface area contributed by atoms with E-state index in [1.54, 1.807) is 0 Å². The number of rotatable bonds is 2. The molecule has 6 heteroatoms. The number of nitrogens with zero attached hydrogens (tertiary/aromatic N) is 3. The number of nitrogens with one attached hydrogen (secondary N) is 2. The predicted octanol–water partition coefficient (Wildman–Crippen LogP) is 2.63. The molecule has 0 radical (unpaired) electrons. The molecule has 1 saturated heterocycles. The van der Waals surface area contributed by atoms with Crippen molar-refractivity contribution in [2.45, 2.75) is 19.3 Å². The largest absolute Gasteiger partial charge is 0.346 e. The lowest BCUT2D eigenvalue weighted by Gasteiger charge is -2.17. The quantitative estimate of drug-likeness (QED) is 0.764. The van der Waals surface area contributed by atoms with Crippen LogP contribution < -0.4 is 5.32 Å². The molecule has 4 rings (SSSR count). The zero-order valence-corrected chi connectivity index (χ0v) is 13.0. The lowest BCUT2D eigenvalue weighted by Crippen LogP contribution is -2.38. The third-order valence-electron chi connectivity index (χ3n) is 4.53. The second-order valence-corrected chi connectivity index (χ2v) is 5.93. The van der Waals surface area contributed by atoms with E-state index in [9.17, 15) is 4.79 Å². The van der Waals surface area contributed by atoms with Crippen molar-refractivity contribution < 1.29 is 4.79 Å². The predicted molar refractivity (Wildman–Crippen MR) is 89.4 cm³/mol. The molecule has 4 heterocycles. The maximum absolute atomic E-state index is 12.0. The Labute approximate surface area is 133 Å². The Morgan fingerprint density at radius 2 is 2.35 bits per heavy atom. The van der Waals surface area contributed by atoms with Crippen LogP contribution in [-0.2, 0) is 0 Å². The molecule has 0 bridgehead atoms. The molecule has 3 aromatic heterocycles. The SMILES string of the molecule is CCNC(=O)N1CCC(c2nccc3cnc4[nH]ccc4c23)C1. The van der Waals surface area contributed by atoms with Crippen LogP contribution in [0.15, 0.2) is 30.7 Å². The summed E-state index contributed by atoms with van der Waals surface area (Å²) in [5, 5.41) is 6.22. The monoisotopic (exact) mass is 309 g/mol. The van der Waals surface area contributed by atoms with Gasteiger partial charge in [0.1, 0.15) is 5.65 Å². The van der Waals surface area contributed by atoms with Gasteiger partial charge in [0.25, 0.3) is 0 Å². The number of H-pyrrole nitrogens is 1. The lowest BCUT2D eigenvalue weighted by molar-refractivity contribution is 0.209. The van der Waals surface area contributed by atoms with Crippen LogP contribution in [0.25, 0.3) is 21.8 Å². The van der Waals surface area contributed by atoms with Crippen LogP contribution in [0.4, 0.5) is 4.79 Å². The molecule has 0 aromatic carbocycles. The van der Waals surface area contributed by atoms with Crippen molar-refractivity contribution in [1.29, 1.82) is 0 Å². The number of carbonyl (C=O) groups excluding carboxylic acids is 1. The summed E-state index contributed by atoms with van der Waals surface area (Å²) in [4.78, 5) is 26.2. The van der Waals surface area contributed by atoms with E-state index in [1.165, 1.54) is 0 Å². The first-order chi connectivity index (χ1) is 11.3. The van der Waals surface area contributed by atoms with E-state index in [0.29, 0.717) is 13.1 Å². The molecule has 1 unspecified atom stereocenters. The Morgan fingerprint density at radius 1 is 1.43 bits per heavy atom. The van der Waals surface area contributed by atoms with Crippen molar-refractivity contribution in [1.82, 2.24) is 25.2 Å². The zero-order chi connectivity index (χ0) is 15.8. The molecule has 0 spiro atoms. The molecule has 1 atom stereocenters. The number of likely N-dealkylation sites (tertiary alicyclic amines) is 1. The highest BCUT2D eigenvalue weighted by molar-refractivity contribution is 6.05. The standard InChI is InChI=1S/C17H19N5O/c1-2-18-17(23)22-8-5-12(10-22)15-14-11(3-6-19-15)9-21-16-13(14)4-7-20-16/h3-4,6-7,9,12H,2,5,8,10H2,1H3,(H,18,23)(H,20,21). The average Bonchev–Trinajstić information content (AvgIpc) is 3.23. The van der Waals surface area contributed by atoms with Crippen molar-refractivity contribution in [2.24, 2.45) is 0 Å². The van der Waals surface area contributed by atoms with Gasteiger partial charge in [-0.2, -0.15) is 0 Å². The summed E-state index contributed by atoms with van der Waals surface area (Å²) in [6, 6.07) is 4.06. The highest BCUT2D eigenvalue weighted by Gasteiger charge is 2.29. The van der Waals surface area contributed by atoms with Crippen LogP contribution in [0.1, 0.15) is 25.0 Å². The van der Waals surface area contributed by atoms with Crippen LogP contribution in [0.3, 0.4) is 0 Å². The summed E-state index contributed by atoms with van der Waals surface area (Å²) in [5.74, 6) is 0.266. The summed E-state index contributed by atoms with van der Waals surface area (Å²) in [7, 11) is 0. The Bertz CT molecular complexity index is 872. The van der Waals surface area contributed by atoms with Crippen molar-refractivity contribution in [2.75, 3.05) is 19.6 Å². The summed E-state index contributed by atoms with van der Waals surface area (Å²) in [6.07, 6.45) is 6.57. The molecule has 3 aromatic rings. The number of amides is 2. The molecule has 2 amide bonds. The van der Waals surface area contributed by atoms with Gasteiger partial charge in [-0.1, -0.05) is 0 Å². The molecule has 0 aliphatic carbocycles. The summed E-state index contributed by atoms with van der Waals surface area (Å²) in [5.41, 5.74) is 1.95. The van der Waals surface area contributed by atoms with E-state index in [0.717, 1.165) is 40.5 Å². The van der Waals surface area contributed by atoms with E-state index in [2.05, 4.69) is 20.3 Å². The van der Waals surface area contributed by atoms with Crippen molar-refractivity contribution in [3.63, 3.8) is 0 Å². The third-order valence-corrected chi connectivity index (χ3v) is 4.53. The van der Waals surface area contributed by atoms with Gasteiger partial charge in [-0.15, -0.1) is 0 Å². The molecule has 1 fully saturated rings. The minimum atomic E-state index is 0.0173. The van der Waals surface area contributed by atoms with Gasteiger partial charge in [-0.3, -0.25) is 4.98 Å². The van der Waals surface area contributed by atoms with Crippen LogP contribution in [0, 0.1) is 0 Å². The number of aromatic amines is 1. The van der Waals surface area contributed by atoms with Gasteiger partial charge >= 0.3 is 6.03 Å². The fourth-order valence-electron chi connectivity index (χ4n) is 3.44. The lowest BCUT2D eigenvalue weighted by atomic mass is 9.97. The van der Waals surface area contributed by atoms with Crippen molar-refractivity contribution >= 4 is 27.8 Å². The van der Waals surface area contributed by atoms with Crippen LogP contribution in [-0.4, -0.2) is 45.5 Å². The smallest absolute Gasteiger partial charge is 0.317 e. The zero-order valence-electron chi connectivity index (χ0n) is 13.0. The van der Waals surface area contributed by atoms with Crippen molar-refractivity contribution in [3.05, 3.63) is 36.4 Å². The van der Waals surface area contributed by atoms with E-state index in [1.807, 2.05) is 42.5 Å². The van der Waals surface area contributed by atoms with Gasteiger partial charge in [0.05, 0.1) is 5.69 Å². The molecule has 6 nitrogen and oxygen atoms in total. The third kappa shape index (κ3) is 2.30. The first-order valence-electron chi connectivity index (χ1n) is 8.01. The number of urea groups is 1. The molecule has 1 aliphatic heterocycles. The molecular formula is C17H19N5O. The number of hydrogen-bond acceptors (Lipinski definition) is 3. The highest BCUT2D eigenvalue weighted by atomic mass is 16.2. The van der Waals surface area contributed by atoms with Gasteiger partial charge in [-0.25, -0.2) is 9.78 Å². The Morgan fingerprint density at radius 3 is 3.22 bits per heavy atom. The molecule has 1 aliphatic rings. The molecule has 23 heavy (non-hydrogen) atoms. The fourth-order valence-corrected chi connectivity index (χ4v) is 3.44. The fraction of sp³-hybridized carbons (Fsp3) is 0.353. The number of fused-ring (bicyclic) bond motifs is 3. The summed E-state index contributed by atoms with van der Waals surface area (Å²) in [6.45, 7) is 4.08. The maximum Gasteiger partial charge on any atom is 0.317 e. The van der Waals surface area contributed by atoms with Gasteiger partial charge < -0.3 is 15.2 Å². The first kappa shape index (κ1) is 14.0. The Kier molecular flexibility index (Phi) is 3.37. The minimum absolute atomic E-state index is 0.0173. The van der Waals surface area contributed by atoms with E-state index in [-0.39, 0.29) is 11.9 Å². The van der Waals surface area contributed by atoms with E-state index < -0.39 is 0 Å². The van der Waals surface area contributed by atoms with Gasteiger partial charge in [0.15, 0.2) is 0 Å². The summed E-state index contributed by atoms with van der Waals surface area (Å²) >= 11 is 0. The normalized spacial score (nSPS) is 18.0. The van der Waals surface area contributed by atoms with Gasteiger partial charge in [0.2, 0.25) is 0 Å². The minimum Gasteiger partial charge on any atom is -0.346 e. The molecule has 2 N–H and O–H groups in total. The highest BCUT2D eigenvalue weighted by Crippen LogP contribution is 2.33. The second kappa shape index (κ2) is 5.53. The van der Waals surface area contributed by atoms with Gasteiger partial charge in [-0.05, 0) is 25.5 Å². The molecular weight excluding hydrogens is 290 g/mol. The number of carbonyl (C=O) groups is 1. The Balaban J connectivity index is 1.75. The molecule has 118 valence electrons. The molecule has 0 saturated carbocycles. The second-order valence-electron chi connectivity index (χ2n) is 5.93. The topological polar surface area (TPSA) is 73.9 Å². The number of aromatic nitrogens is 3. The number of hydrogen-bond donors (Lipinski definition) is 2. The number of pyridine rings is 2.